The third-order valence-electron chi connectivity index (χ3n) is 3.49. The highest BCUT2D eigenvalue weighted by atomic mass is 32.1. The maximum absolute atomic E-state index is 12.0. The number of thiazole rings is 1. The lowest BCUT2D eigenvalue weighted by atomic mass is 10.2. The van der Waals surface area contributed by atoms with Crippen LogP contribution in [0.2, 0.25) is 0 Å². The molecule has 5 heteroatoms. The molecule has 4 nitrogen and oxygen atoms in total. The molecule has 3 aromatic rings. The number of fused-ring (bicyclic) bond motifs is 3. The zero-order valence-corrected chi connectivity index (χ0v) is 13.7. The Kier molecular flexibility index (Phi) is 4.54. The van der Waals surface area contributed by atoms with Crippen molar-refractivity contribution in [2.75, 3.05) is 5.32 Å². The Balaban J connectivity index is 2.10. The highest BCUT2D eigenvalue weighted by Gasteiger charge is 2.15. The van der Waals surface area contributed by atoms with Crippen LogP contribution in [0.3, 0.4) is 0 Å². The van der Waals surface area contributed by atoms with Crippen LogP contribution in [0, 0.1) is 12.3 Å². The van der Waals surface area contributed by atoms with Crippen LogP contribution in [0.25, 0.3) is 21.1 Å². The summed E-state index contributed by atoms with van der Waals surface area (Å²) in [5.41, 5.74) is 1.63. The van der Waals surface area contributed by atoms with Gasteiger partial charge in [0.05, 0.1) is 15.2 Å². The summed E-state index contributed by atoms with van der Waals surface area (Å²) < 4.78 is 1.08. The molecule has 0 radical (unpaired) electrons. The number of hydrogen-bond donors (Lipinski definition) is 1. The van der Waals surface area contributed by atoms with Gasteiger partial charge in [0.2, 0.25) is 5.91 Å². The number of carbonyl (C=O) groups excluding carboxylic acids is 1. The SMILES string of the molecule is C#CCCC(=O)Nc1nc2ccccc2c2sc(CCC)nc12. The number of anilines is 1. The summed E-state index contributed by atoms with van der Waals surface area (Å²) in [5, 5.41) is 5.01. The number of amides is 1. The van der Waals surface area contributed by atoms with Crippen LogP contribution in [0.5, 0.6) is 0 Å². The molecule has 1 aromatic carbocycles. The van der Waals surface area contributed by atoms with Crippen LogP contribution >= 0.6 is 11.3 Å². The van der Waals surface area contributed by atoms with Gasteiger partial charge in [0.25, 0.3) is 0 Å². The van der Waals surface area contributed by atoms with Crippen molar-refractivity contribution in [1.29, 1.82) is 0 Å². The first-order chi connectivity index (χ1) is 11.2. The molecule has 0 spiro atoms. The fraction of sp³-hybridized carbons (Fsp3) is 0.278. The molecule has 116 valence electrons. The molecule has 1 amide bonds. The molecule has 0 saturated carbocycles. The fourth-order valence-corrected chi connectivity index (χ4v) is 3.63. The predicted molar refractivity (Wildman–Crippen MR) is 95.6 cm³/mol. The normalized spacial score (nSPS) is 10.8. The number of carbonyl (C=O) groups is 1. The van der Waals surface area contributed by atoms with Gasteiger partial charge < -0.3 is 5.32 Å². The number of aromatic nitrogens is 2. The molecule has 2 aromatic heterocycles. The Bertz CT molecular complexity index is 908. The van der Waals surface area contributed by atoms with Crippen molar-refractivity contribution in [3.63, 3.8) is 0 Å². The molecule has 0 saturated heterocycles. The second kappa shape index (κ2) is 6.76. The predicted octanol–water partition coefficient (Wildman–Crippen LogP) is 4.15. The zero-order valence-electron chi connectivity index (χ0n) is 12.9. The Morgan fingerprint density at radius 2 is 2.17 bits per heavy atom. The van der Waals surface area contributed by atoms with Crippen LogP contribution in [0.1, 0.15) is 31.2 Å². The number of hydrogen-bond acceptors (Lipinski definition) is 4. The summed E-state index contributed by atoms with van der Waals surface area (Å²) in [5.74, 6) is 2.88. The number of nitrogens with one attached hydrogen (secondary N) is 1. The Hall–Kier alpha value is -2.45. The summed E-state index contributed by atoms with van der Waals surface area (Å²) >= 11 is 1.68. The quantitative estimate of drug-likeness (QED) is 0.718. The number of para-hydroxylation sites is 1. The van der Waals surface area contributed by atoms with Crippen molar-refractivity contribution in [2.45, 2.75) is 32.6 Å². The number of rotatable bonds is 5. The average Bonchev–Trinajstić information content (AvgIpc) is 2.98. The molecule has 0 atom stereocenters. The van der Waals surface area contributed by atoms with Gasteiger partial charge >= 0.3 is 0 Å². The van der Waals surface area contributed by atoms with Crippen molar-refractivity contribution in [3.8, 4) is 12.3 Å². The minimum atomic E-state index is -0.128. The van der Waals surface area contributed by atoms with Crippen molar-refractivity contribution in [1.82, 2.24) is 9.97 Å². The molecular formula is C18H17N3OS. The minimum Gasteiger partial charge on any atom is -0.309 e. The number of pyridine rings is 1. The fourth-order valence-electron chi connectivity index (χ4n) is 2.43. The lowest BCUT2D eigenvalue weighted by Crippen LogP contribution is -2.12. The molecule has 0 aliphatic heterocycles. The smallest absolute Gasteiger partial charge is 0.226 e. The maximum Gasteiger partial charge on any atom is 0.226 e. The number of nitrogens with zero attached hydrogens (tertiary/aromatic N) is 2. The summed E-state index contributed by atoms with van der Waals surface area (Å²) in [6.07, 6.45) is 7.89. The molecule has 0 unspecified atom stereocenters. The molecule has 23 heavy (non-hydrogen) atoms. The van der Waals surface area contributed by atoms with Crippen LogP contribution in [-0.2, 0) is 11.2 Å². The summed E-state index contributed by atoms with van der Waals surface area (Å²) in [4.78, 5) is 21.3. The first kappa shape index (κ1) is 15.4. The largest absolute Gasteiger partial charge is 0.309 e. The van der Waals surface area contributed by atoms with Crippen LogP contribution < -0.4 is 5.32 Å². The average molecular weight is 323 g/mol. The number of terminal acetylenes is 1. The monoisotopic (exact) mass is 323 g/mol. The molecule has 0 aliphatic rings. The van der Waals surface area contributed by atoms with Gasteiger partial charge in [0.15, 0.2) is 5.82 Å². The summed E-state index contributed by atoms with van der Waals surface area (Å²) in [7, 11) is 0. The van der Waals surface area contributed by atoms with E-state index in [2.05, 4.69) is 28.1 Å². The zero-order chi connectivity index (χ0) is 16.2. The van der Waals surface area contributed by atoms with Crippen LogP contribution in [0.4, 0.5) is 5.82 Å². The van der Waals surface area contributed by atoms with E-state index in [9.17, 15) is 4.79 Å². The highest BCUT2D eigenvalue weighted by molar-refractivity contribution is 7.19. The molecule has 2 heterocycles. The lowest BCUT2D eigenvalue weighted by Gasteiger charge is -2.06. The van der Waals surface area contributed by atoms with Crippen LogP contribution in [-0.4, -0.2) is 15.9 Å². The second-order valence-corrected chi connectivity index (χ2v) is 6.35. The van der Waals surface area contributed by atoms with Gasteiger partial charge in [-0.15, -0.1) is 23.7 Å². The van der Waals surface area contributed by atoms with Gasteiger partial charge in [-0.3, -0.25) is 4.79 Å². The van der Waals surface area contributed by atoms with Gasteiger partial charge in [-0.1, -0.05) is 25.1 Å². The van der Waals surface area contributed by atoms with E-state index in [1.807, 2.05) is 24.3 Å². The second-order valence-electron chi connectivity index (χ2n) is 5.27. The van der Waals surface area contributed by atoms with E-state index < -0.39 is 0 Å². The Labute approximate surface area is 139 Å². The van der Waals surface area contributed by atoms with E-state index in [4.69, 9.17) is 6.42 Å². The molecule has 0 bridgehead atoms. The molecule has 1 N–H and O–H groups in total. The standard InChI is InChI=1S/C18H17N3OS/c1-3-5-11-14(22)20-18-16-17(23-15(21-16)8-4-2)12-9-6-7-10-13(12)19-18/h1,6-7,9-10H,4-5,8,11H2,2H3,(H,19,20,22). The van der Waals surface area contributed by atoms with Gasteiger partial charge in [-0.25, -0.2) is 9.97 Å². The Morgan fingerprint density at radius 3 is 2.96 bits per heavy atom. The molecule has 3 rings (SSSR count). The van der Waals surface area contributed by atoms with E-state index in [-0.39, 0.29) is 5.91 Å². The number of benzene rings is 1. The van der Waals surface area contributed by atoms with Crippen molar-refractivity contribution < 1.29 is 4.79 Å². The van der Waals surface area contributed by atoms with Crippen molar-refractivity contribution >= 4 is 44.2 Å². The van der Waals surface area contributed by atoms with E-state index in [0.717, 1.165) is 39.0 Å². The van der Waals surface area contributed by atoms with Gasteiger partial charge in [0, 0.05) is 18.2 Å². The first-order valence-electron chi connectivity index (χ1n) is 7.64. The van der Waals surface area contributed by atoms with Crippen molar-refractivity contribution in [2.24, 2.45) is 0 Å². The van der Waals surface area contributed by atoms with Crippen molar-refractivity contribution in [3.05, 3.63) is 29.3 Å². The minimum absolute atomic E-state index is 0.128. The lowest BCUT2D eigenvalue weighted by molar-refractivity contribution is -0.116. The van der Waals surface area contributed by atoms with E-state index >= 15 is 0 Å². The maximum atomic E-state index is 12.0. The third-order valence-corrected chi connectivity index (χ3v) is 4.64. The molecule has 0 aliphatic carbocycles. The van der Waals surface area contributed by atoms with Crippen LogP contribution in [0.15, 0.2) is 24.3 Å². The third kappa shape index (κ3) is 3.17. The first-order valence-corrected chi connectivity index (χ1v) is 8.46. The van der Waals surface area contributed by atoms with Gasteiger partial charge in [-0.2, -0.15) is 0 Å². The summed E-state index contributed by atoms with van der Waals surface area (Å²) in [6.45, 7) is 2.13. The number of aryl methyl sites for hydroxylation is 1. The van der Waals surface area contributed by atoms with Gasteiger partial charge in [-0.05, 0) is 18.9 Å². The topological polar surface area (TPSA) is 54.9 Å². The molecular weight excluding hydrogens is 306 g/mol. The Morgan fingerprint density at radius 1 is 1.35 bits per heavy atom. The molecule has 0 fully saturated rings. The van der Waals surface area contributed by atoms with E-state index in [0.29, 0.717) is 18.7 Å². The highest BCUT2D eigenvalue weighted by Crippen LogP contribution is 2.34. The van der Waals surface area contributed by atoms with Gasteiger partial charge in [0.1, 0.15) is 5.52 Å². The van der Waals surface area contributed by atoms with E-state index in [1.165, 1.54) is 0 Å². The van der Waals surface area contributed by atoms with E-state index in [1.54, 1.807) is 11.3 Å². The summed E-state index contributed by atoms with van der Waals surface area (Å²) in [6, 6.07) is 7.93.